The van der Waals surface area contributed by atoms with Gasteiger partial charge >= 0.3 is 0 Å². The zero-order valence-corrected chi connectivity index (χ0v) is 11.2. The summed E-state index contributed by atoms with van der Waals surface area (Å²) >= 11 is 0. The maximum Gasteiger partial charge on any atom is 0.264 e. The molecule has 5 nitrogen and oxygen atoms in total. The Kier molecular flexibility index (Phi) is 3.90. The SMILES string of the molecule is O=C([O-])c1ccc(NS(=O)(=O)c2cc(F)ccc2F)cc1. The molecule has 0 amide bonds. The smallest absolute Gasteiger partial charge is 0.264 e. The van der Waals surface area contributed by atoms with E-state index in [9.17, 15) is 27.1 Å². The molecule has 0 unspecified atom stereocenters. The maximum absolute atomic E-state index is 13.5. The van der Waals surface area contributed by atoms with Crippen molar-refractivity contribution in [3.63, 3.8) is 0 Å². The second-order valence-electron chi connectivity index (χ2n) is 4.05. The Morgan fingerprint density at radius 1 is 1.05 bits per heavy atom. The third-order valence-corrected chi connectivity index (χ3v) is 3.95. The largest absolute Gasteiger partial charge is 0.545 e. The van der Waals surface area contributed by atoms with Gasteiger partial charge in [-0.1, -0.05) is 12.1 Å². The summed E-state index contributed by atoms with van der Waals surface area (Å²) in [5.74, 6) is -3.42. The average molecular weight is 312 g/mol. The molecule has 0 radical (unpaired) electrons. The Labute approximate surface area is 118 Å². The van der Waals surface area contributed by atoms with Crippen LogP contribution in [0, 0.1) is 11.6 Å². The lowest BCUT2D eigenvalue weighted by Gasteiger charge is -2.10. The lowest BCUT2D eigenvalue weighted by molar-refractivity contribution is -0.255. The van der Waals surface area contributed by atoms with E-state index in [2.05, 4.69) is 0 Å². The number of hydrogen-bond acceptors (Lipinski definition) is 4. The van der Waals surface area contributed by atoms with Crippen LogP contribution in [0.5, 0.6) is 0 Å². The van der Waals surface area contributed by atoms with Crippen LogP contribution in [0.15, 0.2) is 47.4 Å². The normalized spacial score (nSPS) is 11.1. The van der Waals surface area contributed by atoms with Crippen molar-refractivity contribution in [2.75, 3.05) is 4.72 Å². The highest BCUT2D eigenvalue weighted by molar-refractivity contribution is 7.92. The van der Waals surface area contributed by atoms with Gasteiger partial charge in [0.25, 0.3) is 10.0 Å². The third-order valence-electron chi connectivity index (χ3n) is 2.56. The van der Waals surface area contributed by atoms with Crippen molar-refractivity contribution in [3.8, 4) is 0 Å². The number of carboxylic acids is 1. The highest BCUT2D eigenvalue weighted by atomic mass is 32.2. The molecule has 0 spiro atoms. The minimum absolute atomic E-state index is 0.00339. The molecule has 8 heteroatoms. The van der Waals surface area contributed by atoms with Crippen molar-refractivity contribution in [1.29, 1.82) is 0 Å². The van der Waals surface area contributed by atoms with Crippen LogP contribution in [0.1, 0.15) is 10.4 Å². The molecular weight excluding hydrogens is 304 g/mol. The van der Waals surface area contributed by atoms with Crippen LogP contribution in [0.2, 0.25) is 0 Å². The van der Waals surface area contributed by atoms with Crippen LogP contribution >= 0.6 is 0 Å². The van der Waals surface area contributed by atoms with Gasteiger partial charge in [-0.3, -0.25) is 4.72 Å². The van der Waals surface area contributed by atoms with Crippen molar-refractivity contribution in [2.45, 2.75) is 4.90 Å². The van der Waals surface area contributed by atoms with Crippen LogP contribution < -0.4 is 9.83 Å². The molecule has 2 rings (SSSR count). The summed E-state index contributed by atoms with van der Waals surface area (Å²) in [6, 6.07) is 6.61. The fourth-order valence-corrected chi connectivity index (χ4v) is 2.72. The topological polar surface area (TPSA) is 86.3 Å². The number of carbonyl (C=O) groups excluding carboxylic acids is 1. The number of sulfonamides is 1. The molecule has 0 aliphatic rings. The van der Waals surface area contributed by atoms with Gasteiger partial charge in [-0.2, -0.15) is 0 Å². The first-order valence-electron chi connectivity index (χ1n) is 5.59. The van der Waals surface area contributed by atoms with E-state index < -0.39 is 32.5 Å². The minimum Gasteiger partial charge on any atom is -0.545 e. The number of halogens is 2. The van der Waals surface area contributed by atoms with E-state index in [4.69, 9.17) is 0 Å². The zero-order valence-electron chi connectivity index (χ0n) is 10.3. The number of hydrogen-bond donors (Lipinski definition) is 1. The van der Waals surface area contributed by atoms with E-state index in [1.807, 2.05) is 4.72 Å². The Balaban J connectivity index is 2.33. The van der Waals surface area contributed by atoms with Gasteiger partial charge in [0.1, 0.15) is 16.5 Å². The van der Waals surface area contributed by atoms with E-state index >= 15 is 0 Å². The van der Waals surface area contributed by atoms with Gasteiger partial charge in [-0.25, -0.2) is 17.2 Å². The average Bonchev–Trinajstić information content (AvgIpc) is 2.41. The molecule has 2 aromatic carbocycles. The highest BCUT2D eigenvalue weighted by Gasteiger charge is 2.20. The highest BCUT2D eigenvalue weighted by Crippen LogP contribution is 2.20. The molecule has 0 fully saturated rings. The molecule has 0 aliphatic carbocycles. The van der Waals surface area contributed by atoms with Crippen molar-refractivity contribution >= 4 is 21.7 Å². The Bertz CT molecular complexity index is 788. The number of anilines is 1. The van der Waals surface area contributed by atoms with Gasteiger partial charge in [0.05, 0.1) is 5.97 Å². The number of carboxylic acid groups (broad SMARTS) is 1. The molecule has 0 aromatic heterocycles. The molecule has 0 atom stereocenters. The molecule has 0 heterocycles. The standard InChI is InChI=1S/C13H9F2NO4S/c14-9-3-6-11(15)12(7-9)21(19,20)16-10-4-1-8(2-5-10)13(17)18/h1-7,16H,(H,17,18)/p-1. The van der Waals surface area contributed by atoms with Crippen molar-refractivity contribution < 1.29 is 27.1 Å². The lowest BCUT2D eigenvalue weighted by atomic mass is 10.2. The Morgan fingerprint density at radius 2 is 1.67 bits per heavy atom. The van der Waals surface area contributed by atoms with Gasteiger partial charge in [-0.15, -0.1) is 0 Å². The third kappa shape index (κ3) is 3.34. The minimum atomic E-state index is -4.33. The van der Waals surface area contributed by atoms with Crippen molar-refractivity contribution in [1.82, 2.24) is 0 Å². The molecule has 110 valence electrons. The van der Waals surface area contributed by atoms with Gasteiger partial charge in [0, 0.05) is 5.69 Å². The van der Waals surface area contributed by atoms with Gasteiger partial charge < -0.3 is 9.90 Å². The summed E-state index contributed by atoms with van der Waals surface area (Å²) in [4.78, 5) is 9.72. The molecular formula is C13H8F2NO4S-. The summed E-state index contributed by atoms with van der Waals surface area (Å²) in [6.07, 6.45) is 0. The Hall–Kier alpha value is -2.48. The number of aromatic carboxylic acids is 1. The first-order chi connectivity index (χ1) is 9.79. The van der Waals surface area contributed by atoms with E-state index in [1.165, 1.54) is 12.1 Å². The summed E-state index contributed by atoms with van der Waals surface area (Å²) in [5.41, 5.74) is -0.140. The molecule has 21 heavy (non-hydrogen) atoms. The molecule has 0 saturated carbocycles. The Morgan fingerprint density at radius 3 is 2.24 bits per heavy atom. The van der Waals surface area contributed by atoms with E-state index in [-0.39, 0.29) is 11.3 Å². The van der Waals surface area contributed by atoms with Crippen LogP contribution in [0.25, 0.3) is 0 Å². The predicted octanol–water partition coefficient (Wildman–Crippen LogP) is 1.13. The predicted molar refractivity (Wildman–Crippen MR) is 67.9 cm³/mol. The second-order valence-corrected chi connectivity index (χ2v) is 5.70. The fourth-order valence-electron chi connectivity index (χ4n) is 1.57. The van der Waals surface area contributed by atoms with Crippen molar-refractivity contribution in [3.05, 3.63) is 59.7 Å². The molecule has 0 saturated heterocycles. The van der Waals surface area contributed by atoms with Crippen LogP contribution in [0.4, 0.5) is 14.5 Å². The van der Waals surface area contributed by atoms with Crippen LogP contribution in [-0.4, -0.2) is 14.4 Å². The molecule has 0 aliphatic heterocycles. The van der Waals surface area contributed by atoms with Gasteiger partial charge in [0.2, 0.25) is 0 Å². The van der Waals surface area contributed by atoms with E-state index in [0.29, 0.717) is 12.1 Å². The lowest BCUT2D eigenvalue weighted by Crippen LogP contribution is -2.22. The quantitative estimate of drug-likeness (QED) is 0.917. The maximum atomic E-state index is 13.5. The fraction of sp³-hybridized carbons (Fsp3) is 0. The summed E-state index contributed by atoms with van der Waals surface area (Å²) < 4.78 is 52.4. The van der Waals surface area contributed by atoms with Crippen molar-refractivity contribution in [2.24, 2.45) is 0 Å². The summed E-state index contributed by atoms with van der Waals surface area (Å²) in [6.45, 7) is 0. The monoisotopic (exact) mass is 312 g/mol. The molecule has 2 aromatic rings. The number of benzene rings is 2. The van der Waals surface area contributed by atoms with Crippen LogP contribution in [-0.2, 0) is 10.0 Å². The number of carbonyl (C=O) groups is 1. The zero-order chi connectivity index (χ0) is 15.6. The first-order valence-corrected chi connectivity index (χ1v) is 7.07. The molecule has 1 N–H and O–H groups in total. The van der Waals surface area contributed by atoms with Gasteiger partial charge in [-0.05, 0) is 35.9 Å². The molecule has 0 bridgehead atoms. The summed E-state index contributed by atoms with van der Waals surface area (Å²) in [7, 11) is -4.33. The number of nitrogens with one attached hydrogen (secondary N) is 1. The van der Waals surface area contributed by atoms with Gasteiger partial charge in [0.15, 0.2) is 0 Å². The first kappa shape index (κ1) is 14.9. The van der Waals surface area contributed by atoms with E-state index in [0.717, 1.165) is 18.2 Å². The number of rotatable bonds is 4. The van der Waals surface area contributed by atoms with Crippen LogP contribution in [0.3, 0.4) is 0 Å². The second kappa shape index (κ2) is 5.49. The van der Waals surface area contributed by atoms with E-state index in [1.54, 1.807) is 0 Å². The summed E-state index contributed by atoms with van der Waals surface area (Å²) in [5, 5.41) is 10.6.